The second-order valence-corrected chi connectivity index (χ2v) is 8.80. The normalized spacial score (nSPS) is 15.1. The number of aromatic nitrogens is 3. The summed E-state index contributed by atoms with van der Waals surface area (Å²) in [7, 11) is 2.10. The van der Waals surface area contributed by atoms with Crippen molar-refractivity contribution in [1.29, 1.82) is 0 Å². The molecule has 0 N–H and O–H groups in total. The Morgan fingerprint density at radius 1 is 1.10 bits per heavy atom. The Morgan fingerprint density at radius 3 is 2.42 bits per heavy atom. The number of benzene rings is 1. The first-order valence-corrected chi connectivity index (χ1v) is 11.4. The Morgan fingerprint density at radius 2 is 1.77 bits per heavy atom. The molecule has 3 aromatic rings. The number of carbonyl (C=O) groups is 1. The van der Waals surface area contributed by atoms with E-state index in [-0.39, 0.29) is 5.91 Å². The number of carbonyl (C=O) groups excluding carboxylic acids is 1. The second kappa shape index (κ2) is 8.97. The number of halogens is 1. The van der Waals surface area contributed by atoms with Crippen molar-refractivity contribution in [1.82, 2.24) is 24.4 Å². The van der Waals surface area contributed by atoms with Crippen molar-refractivity contribution >= 4 is 23.2 Å². The molecule has 0 saturated carbocycles. The van der Waals surface area contributed by atoms with Gasteiger partial charge in [0.2, 0.25) is 5.91 Å². The Bertz CT molecular complexity index is 1100. The molecule has 3 heterocycles. The third kappa shape index (κ3) is 4.32. The van der Waals surface area contributed by atoms with Crippen LogP contribution in [0.25, 0.3) is 16.8 Å². The lowest BCUT2D eigenvalue weighted by Crippen LogP contribution is -2.47. The van der Waals surface area contributed by atoms with Gasteiger partial charge in [0.15, 0.2) is 5.65 Å². The molecule has 164 valence electrons. The molecule has 4 rings (SSSR count). The Balaban J connectivity index is 1.64. The van der Waals surface area contributed by atoms with E-state index < -0.39 is 0 Å². The summed E-state index contributed by atoms with van der Waals surface area (Å²) in [6.45, 7) is 9.74. The van der Waals surface area contributed by atoms with E-state index in [2.05, 4.69) is 25.8 Å². The van der Waals surface area contributed by atoms with Gasteiger partial charge in [0, 0.05) is 54.6 Å². The molecule has 1 aromatic carbocycles. The van der Waals surface area contributed by atoms with Gasteiger partial charge in [0.05, 0.1) is 5.69 Å². The molecule has 0 unspecified atom stereocenters. The number of rotatable bonds is 5. The fourth-order valence-electron chi connectivity index (χ4n) is 4.37. The van der Waals surface area contributed by atoms with Crippen LogP contribution in [0.4, 0.5) is 0 Å². The Kier molecular flexibility index (Phi) is 6.30. The first-order valence-electron chi connectivity index (χ1n) is 11.0. The molecule has 6 nitrogen and oxygen atoms in total. The van der Waals surface area contributed by atoms with Crippen molar-refractivity contribution in [2.75, 3.05) is 33.2 Å². The standard InChI is InChI=1S/C24H30ClN5O/c1-5-21-23(18-6-8-19(25)9-7-18)24-26-16(2)20(17(3)30(24)27-21)10-11-22(31)29-14-12-28(4)13-15-29/h6-9H,5,10-15H2,1-4H3. The number of likely N-dealkylation sites (N-methyl/N-ethyl adjacent to an activating group) is 1. The molecule has 1 aliphatic heterocycles. The Labute approximate surface area is 188 Å². The Hall–Kier alpha value is -2.44. The van der Waals surface area contributed by atoms with Crippen LogP contribution in [0.5, 0.6) is 0 Å². The molecular weight excluding hydrogens is 410 g/mol. The van der Waals surface area contributed by atoms with E-state index in [0.29, 0.717) is 17.9 Å². The fraction of sp³-hybridized carbons (Fsp3) is 0.458. The predicted molar refractivity (Wildman–Crippen MR) is 125 cm³/mol. The van der Waals surface area contributed by atoms with E-state index in [0.717, 1.165) is 72.0 Å². The molecule has 1 fully saturated rings. The zero-order valence-electron chi connectivity index (χ0n) is 18.8. The van der Waals surface area contributed by atoms with Gasteiger partial charge < -0.3 is 9.80 Å². The van der Waals surface area contributed by atoms with Crippen molar-refractivity contribution < 1.29 is 4.79 Å². The zero-order valence-corrected chi connectivity index (χ0v) is 19.5. The first-order chi connectivity index (χ1) is 14.9. The molecule has 0 aliphatic carbocycles. The van der Waals surface area contributed by atoms with E-state index in [9.17, 15) is 4.79 Å². The number of nitrogens with zero attached hydrogens (tertiary/aromatic N) is 5. The largest absolute Gasteiger partial charge is 0.340 e. The highest BCUT2D eigenvalue weighted by molar-refractivity contribution is 6.30. The number of piperazine rings is 1. The number of fused-ring (bicyclic) bond motifs is 1. The van der Waals surface area contributed by atoms with E-state index in [4.69, 9.17) is 21.7 Å². The van der Waals surface area contributed by atoms with Crippen LogP contribution in [-0.2, 0) is 17.6 Å². The minimum absolute atomic E-state index is 0.226. The third-order valence-corrected chi connectivity index (χ3v) is 6.56. The maximum absolute atomic E-state index is 12.7. The number of aryl methyl sites for hydroxylation is 3. The van der Waals surface area contributed by atoms with Gasteiger partial charge in [-0.05, 0) is 57.0 Å². The second-order valence-electron chi connectivity index (χ2n) is 8.36. The highest BCUT2D eigenvalue weighted by atomic mass is 35.5. The first kappa shape index (κ1) is 21.8. The number of amides is 1. The lowest BCUT2D eigenvalue weighted by atomic mass is 10.0. The fourth-order valence-corrected chi connectivity index (χ4v) is 4.50. The van der Waals surface area contributed by atoms with Crippen LogP contribution in [0.1, 0.15) is 36.0 Å². The molecule has 0 spiro atoms. The summed E-state index contributed by atoms with van der Waals surface area (Å²) >= 11 is 6.09. The highest BCUT2D eigenvalue weighted by Crippen LogP contribution is 2.31. The molecule has 0 radical (unpaired) electrons. The summed E-state index contributed by atoms with van der Waals surface area (Å²) < 4.78 is 1.95. The topological polar surface area (TPSA) is 53.7 Å². The van der Waals surface area contributed by atoms with Gasteiger partial charge in [-0.3, -0.25) is 4.79 Å². The SMILES string of the molecule is CCc1nn2c(C)c(CCC(=O)N3CCN(C)CC3)c(C)nc2c1-c1ccc(Cl)cc1. The molecule has 31 heavy (non-hydrogen) atoms. The third-order valence-electron chi connectivity index (χ3n) is 6.31. The van der Waals surface area contributed by atoms with Gasteiger partial charge >= 0.3 is 0 Å². The predicted octanol–water partition coefficient (Wildman–Crippen LogP) is 3.94. The van der Waals surface area contributed by atoms with Crippen molar-refractivity contribution in [3.63, 3.8) is 0 Å². The number of hydrogen-bond acceptors (Lipinski definition) is 4. The van der Waals surface area contributed by atoms with E-state index in [1.165, 1.54) is 0 Å². The minimum Gasteiger partial charge on any atom is -0.340 e. The van der Waals surface area contributed by atoms with E-state index >= 15 is 0 Å². The molecule has 0 atom stereocenters. The van der Waals surface area contributed by atoms with Gasteiger partial charge in [-0.15, -0.1) is 0 Å². The van der Waals surface area contributed by atoms with Gasteiger partial charge in [0.25, 0.3) is 0 Å². The summed E-state index contributed by atoms with van der Waals surface area (Å²) in [5, 5.41) is 5.59. The van der Waals surface area contributed by atoms with Crippen LogP contribution < -0.4 is 0 Å². The number of hydrogen-bond donors (Lipinski definition) is 0. The summed E-state index contributed by atoms with van der Waals surface area (Å²) in [6, 6.07) is 7.84. The summed E-state index contributed by atoms with van der Waals surface area (Å²) in [5.74, 6) is 0.226. The maximum Gasteiger partial charge on any atom is 0.222 e. The van der Waals surface area contributed by atoms with E-state index in [1.54, 1.807) is 0 Å². The molecule has 7 heteroatoms. The summed E-state index contributed by atoms with van der Waals surface area (Å²) in [4.78, 5) is 21.9. The van der Waals surface area contributed by atoms with Crippen LogP contribution >= 0.6 is 11.6 Å². The van der Waals surface area contributed by atoms with Crippen molar-refractivity contribution in [2.45, 2.75) is 40.0 Å². The van der Waals surface area contributed by atoms with Crippen molar-refractivity contribution in [3.8, 4) is 11.1 Å². The van der Waals surface area contributed by atoms with Crippen LogP contribution in [-0.4, -0.2) is 63.5 Å². The molecular formula is C24H30ClN5O. The molecule has 1 amide bonds. The van der Waals surface area contributed by atoms with Crippen LogP contribution in [0.15, 0.2) is 24.3 Å². The summed E-state index contributed by atoms with van der Waals surface area (Å²) in [5.41, 5.74) is 7.15. The lowest BCUT2D eigenvalue weighted by Gasteiger charge is -2.32. The highest BCUT2D eigenvalue weighted by Gasteiger charge is 2.22. The van der Waals surface area contributed by atoms with E-state index in [1.807, 2.05) is 40.6 Å². The zero-order chi connectivity index (χ0) is 22.1. The molecule has 1 saturated heterocycles. The van der Waals surface area contributed by atoms with Crippen molar-refractivity contribution in [2.24, 2.45) is 0 Å². The quantitative estimate of drug-likeness (QED) is 0.604. The average Bonchev–Trinajstić information content (AvgIpc) is 3.13. The molecule has 2 aromatic heterocycles. The van der Waals surface area contributed by atoms with Crippen molar-refractivity contribution in [3.05, 3.63) is 51.9 Å². The van der Waals surface area contributed by atoms with Gasteiger partial charge in [-0.2, -0.15) is 5.10 Å². The summed E-state index contributed by atoms with van der Waals surface area (Å²) in [6.07, 6.45) is 2.00. The monoisotopic (exact) mass is 439 g/mol. The van der Waals surface area contributed by atoms with Crippen LogP contribution in [0, 0.1) is 13.8 Å². The lowest BCUT2D eigenvalue weighted by molar-refractivity contribution is -0.132. The minimum atomic E-state index is 0.226. The maximum atomic E-state index is 12.7. The van der Waals surface area contributed by atoms with Crippen LogP contribution in [0.3, 0.4) is 0 Å². The van der Waals surface area contributed by atoms with Gasteiger partial charge in [-0.25, -0.2) is 9.50 Å². The van der Waals surface area contributed by atoms with Crippen LogP contribution in [0.2, 0.25) is 5.02 Å². The van der Waals surface area contributed by atoms with Gasteiger partial charge in [-0.1, -0.05) is 30.7 Å². The van der Waals surface area contributed by atoms with Gasteiger partial charge in [0.1, 0.15) is 0 Å². The smallest absolute Gasteiger partial charge is 0.222 e. The average molecular weight is 440 g/mol. The molecule has 1 aliphatic rings. The molecule has 0 bridgehead atoms.